The van der Waals surface area contributed by atoms with Crippen LogP contribution in [0.4, 0.5) is 4.79 Å². The lowest BCUT2D eigenvalue weighted by molar-refractivity contribution is -0.000861. The molecular formula is C23H23N3O3. The number of hydrogen-bond donors (Lipinski definition) is 1. The van der Waals surface area contributed by atoms with Gasteiger partial charge in [0, 0.05) is 12.8 Å². The highest BCUT2D eigenvalue weighted by Gasteiger charge is 2.60. The predicted octanol–water partition coefficient (Wildman–Crippen LogP) is 4.59. The highest BCUT2D eigenvalue weighted by atomic mass is 16.6. The van der Waals surface area contributed by atoms with E-state index in [1.54, 1.807) is 4.90 Å². The number of amides is 1. The molecule has 148 valence electrons. The van der Waals surface area contributed by atoms with E-state index in [2.05, 4.69) is 41.2 Å². The Morgan fingerprint density at radius 3 is 2.69 bits per heavy atom. The molecular weight excluding hydrogens is 366 g/mol. The summed E-state index contributed by atoms with van der Waals surface area (Å²) < 4.78 is 11.6. The topological polar surface area (TPSA) is 67.4 Å². The fraction of sp³-hybridized carbons (Fsp3) is 0.304. The molecule has 2 aliphatic rings. The Bertz CT molecular complexity index is 1010. The Labute approximate surface area is 169 Å². The lowest BCUT2D eigenvalue weighted by Crippen LogP contribution is -2.40. The summed E-state index contributed by atoms with van der Waals surface area (Å²) >= 11 is 0. The first-order chi connectivity index (χ1) is 14.1. The van der Waals surface area contributed by atoms with E-state index in [1.165, 1.54) is 5.56 Å². The summed E-state index contributed by atoms with van der Waals surface area (Å²) in [5.74, 6) is 0.723. The van der Waals surface area contributed by atoms with Crippen LogP contribution < -0.4 is 0 Å². The van der Waals surface area contributed by atoms with Crippen LogP contribution >= 0.6 is 0 Å². The van der Waals surface area contributed by atoms with E-state index < -0.39 is 5.72 Å². The molecule has 1 atom stereocenters. The number of ether oxygens (including phenoxy) is 2. The van der Waals surface area contributed by atoms with E-state index in [0.29, 0.717) is 6.61 Å². The maximum Gasteiger partial charge on any atom is 0.413 e. The minimum absolute atomic E-state index is 0.242. The fourth-order valence-electron chi connectivity index (χ4n) is 3.82. The third-order valence-electron chi connectivity index (χ3n) is 5.61. The molecule has 1 saturated heterocycles. The maximum atomic E-state index is 13.0. The monoisotopic (exact) mass is 389 g/mol. The van der Waals surface area contributed by atoms with Gasteiger partial charge < -0.3 is 14.5 Å². The molecule has 0 bridgehead atoms. The third kappa shape index (κ3) is 3.40. The predicted molar refractivity (Wildman–Crippen MR) is 108 cm³/mol. The van der Waals surface area contributed by atoms with E-state index >= 15 is 0 Å². The second-order valence-corrected chi connectivity index (χ2v) is 7.73. The second-order valence-electron chi connectivity index (χ2n) is 7.73. The van der Waals surface area contributed by atoms with Gasteiger partial charge in [-0.2, -0.15) is 0 Å². The molecule has 29 heavy (non-hydrogen) atoms. The molecule has 1 amide bonds. The zero-order valence-electron chi connectivity index (χ0n) is 16.3. The van der Waals surface area contributed by atoms with Crippen LogP contribution in [0, 0.1) is 6.92 Å². The van der Waals surface area contributed by atoms with Crippen molar-refractivity contribution in [1.29, 1.82) is 0 Å². The highest BCUT2D eigenvalue weighted by molar-refractivity contribution is 5.70. The van der Waals surface area contributed by atoms with Crippen molar-refractivity contribution in [3.63, 3.8) is 0 Å². The number of imidazole rings is 1. The van der Waals surface area contributed by atoms with Crippen molar-refractivity contribution < 1.29 is 14.3 Å². The van der Waals surface area contributed by atoms with Crippen LogP contribution in [-0.4, -0.2) is 33.3 Å². The number of hydrogen-bond acceptors (Lipinski definition) is 4. The Morgan fingerprint density at radius 1 is 1.21 bits per heavy atom. The molecule has 2 aromatic carbocycles. The van der Waals surface area contributed by atoms with E-state index in [9.17, 15) is 4.79 Å². The van der Waals surface area contributed by atoms with Crippen molar-refractivity contribution in [3.05, 3.63) is 77.7 Å². The van der Waals surface area contributed by atoms with Crippen LogP contribution in [0.3, 0.4) is 0 Å². The minimum Gasteiger partial charge on any atom is -0.444 e. The molecule has 2 heterocycles. The molecule has 0 unspecified atom stereocenters. The lowest BCUT2D eigenvalue weighted by atomic mass is 10.1. The minimum atomic E-state index is -0.532. The van der Waals surface area contributed by atoms with Gasteiger partial charge in [-0.05, 0) is 18.1 Å². The van der Waals surface area contributed by atoms with Gasteiger partial charge in [-0.15, -0.1) is 0 Å². The highest BCUT2D eigenvalue weighted by Crippen LogP contribution is 2.52. The van der Waals surface area contributed by atoms with Crippen molar-refractivity contribution >= 4 is 6.09 Å². The number of benzene rings is 2. The number of carbonyl (C=O) groups is 1. The Kier molecular flexibility index (Phi) is 4.36. The first-order valence-corrected chi connectivity index (χ1v) is 9.91. The molecule has 0 radical (unpaired) electrons. The number of H-pyrrole nitrogens is 1. The summed E-state index contributed by atoms with van der Waals surface area (Å²) in [6, 6.07) is 17.7. The summed E-state index contributed by atoms with van der Waals surface area (Å²) in [6.07, 6.45) is 3.11. The molecule has 1 aliphatic heterocycles. The number of nitrogens with one attached hydrogen (secondary N) is 1. The van der Waals surface area contributed by atoms with Crippen LogP contribution in [0.2, 0.25) is 0 Å². The molecule has 6 heteroatoms. The SMILES string of the molecule is Cc1ccc(-c2cnc([C@@H]3COC4(CC4)N3C(=O)OCc3ccccc3)[nH]2)cc1. The smallest absolute Gasteiger partial charge is 0.413 e. The van der Waals surface area contributed by atoms with Crippen LogP contribution in [-0.2, 0) is 16.1 Å². The molecule has 3 aromatic rings. The van der Waals surface area contributed by atoms with Crippen LogP contribution in [0.1, 0.15) is 35.8 Å². The number of rotatable bonds is 4. The van der Waals surface area contributed by atoms with Gasteiger partial charge in [-0.1, -0.05) is 60.2 Å². The van der Waals surface area contributed by atoms with E-state index in [0.717, 1.165) is 35.5 Å². The molecule has 2 fully saturated rings. The Balaban J connectivity index is 1.35. The molecule has 5 rings (SSSR count). The van der Waals surface area contributed by atoms with Gasteiger partial charge in [0.15, 0.2) is 0 Å². The summed E-state index contributed by atoms with van der Waals surface area (Å²) in [7, 11) is 0. The largest absolute Gasteiger partial charge is 0.444 e. The zero-order valence-corrected chi connectivity index (χ0v) is 16.3. The summed E-state index contributed by atoms with van der Waals surface area (Å²) in [4.78, 5) is 22.6. The first kappa shape index (κ1) is 17.9. The Morgan fingerprint density at radius 2 is 1.97 bits per heavy atom. The van der Waals surface area contributed by atoms with Gasteiger partial charge in [0.1, 0.15) is 24.2 Å². The van der Waals surface area contributed by atoms with E-state index in [1.807, 2.05) is 36.5 Å². The standard InChI is InChI=1S/C23H23N3O3/c1-16-7-9-18(10-8-16)19-13-24-21(25-19)20-15-29-23(11-12-23)26(20)22(27)28-14-17-5-3-2-4-6-17/h2-10,13,20H,11-12,14-15H2,1H3,(H,24,25)/t20-/m0/s1. The fourth-order valence-corrected chi connectivity index (χ4v) is 3.82. The van der Waals surface area contributed by atoms with Crippen molar-refractivity contribution in [1.82, 2.24) is 14.9 Å². The average Bonchev–Trinajstić information content (AvgIpc) is 3.18. The van der Waals surface area contributed by atoms with Gasteiger partial charge in [0.05, 0.1) is 18.5 Å². The number of carbonyl (C=O) groups excluding carboxylic acids is 1. The van der Waals surface area contributed by atoms with Crippen LogP contribution in [0.25, 0.3) is 11.3 Å². The molecule has 1 N–H and O–H groups in total. The van der Waals surface area contributed by atoms with Gasteiger partial charge in [0.25, 0.3) is 0 Å². The number of aromatic amines is 1. The quantitative estimate of drug-likeness (QED) is 0.709. The molecule has 1 spiro atoms. The van der Waals surface area contributed by atoms with Gasteiger partial charge in [-0.25, -0.2) is 9.78 Å². The Hall–Kier alpha value is -3.12. The first-order valence-electron chi connectivity index (χ1n) is 9.91. The van der Waals surface area contributed by atoms with Gasteiger partial charge >= 0.3 is 6.09 Å². The molecule has 6 nitrogen and oxygen atoms in total. The zero-order chi connectivity index (χ0) is 19.8. The van der Waals surface area contributed by atoms with Crippen LogP contribution in [0.5, 0.6) is 0 Å². The van der Waals surface area contributed by atoms with E-state index in [-0.39, 0.29) is 18.7 Å². The summed E-state index contributed by atoms with van der Waals surface area (Å²) in [6.45, 7) is 2.72. The number of aryl methyl sites for hydroxylation is 1. The molecule has 1 aromatic heterocycles. The molecule has 1 aliphatic carbocycles. The van der Waals surface area contributed by atoms with Gasteiger partial charge in [-0.3, -0.25) is 4.90 Å². The normalized spacial score (nSPS) is 19.5. The van der Waals surface area contributed by atoms with Crippen molar-refractivity contribution in [3.8, 4) is 11.3 Å². The average molecular weight is 389 g/mol. The van der Waals surface area contributed by atoms with Crippen LogP contribution in [0.15, 0.2) is 60.8 Å². The lowest BCUT2D eigenvalue weighted by Gasteiger charge is -2.26. The third-order valence-corrected chi connectivity index (χ3v) is 5.61. The van der Waals surface area contributed by atoms with Crippen molar-refractivity contribution in [2.45, 2.75) is 38.1 Å². The second kappa shape index (κ2) is 7.04. The van der Waals surface area contributed by atoms with Crippen molar-refractivity contribution in [2.75, 3.05) is 6.61 Å². The van der Waals surface area contributed by atoms with E-state index in [4.69, 9.17) is 9.47 Å². The van der Waals surface area contributed by atoms with Crippen molar-refractivity contribution in [2.24, 2.45) is 0 Å². The van der Waals surface area contributed by atoms with Gasteiger partial charge in [0.2, 0.25) is 0 Å². The number of nitrogens with zero attached hydrogens (tertiary/aromatic N) is 2. The number of aromatic nitrogens is 2. The molecule has 1 saturated carbocycles. The summed E-state index contributed by atoms with van der Waals surface area (Å²) in [5, 5.41) is 0. The maximum absolute atomic E-state index is 13.0. The summed E-state index contributed by atoms with van der Waals surface area (Å²) in [5.41, 5.74) is 3.62.